The maximum atomic E-state index is 12.6. The SMILES string of the molecule is O=C(/C=C/c1ccccc1)N[C@H](Cc1ccccc1)c1nc(-c2ccccc2)no1. The van der Waals surface area contributed by atoms with Crippen LogP contribution in [0.25, 0.3) is 17.5 Å². The second-order valence-electron chi connectivity index (χ2n) is 6.82. The van der Waals surface area contributed by atoms with Gasteiger partial charge in [-0.3, -0.25) is 4.79 Å². The van der Waals surface area contributed by atoms with E-state index in [0.29, 0.717) is 18.1 Å². The van der Waals surface area contributed by atoms with Gasteiger partial charge in [0, 0.05) is 18.1 Å². The second kappa shape index (κ2) is 9.47. The van der Waals surface area contributed by atoms with Crippen LogP contribution in [0, 0.1) is 0 Å². The molecule has 5 heteroatoms. The Bertz CT molecular complexity index is 1110. The fourth-order valence-corrected chi connectivity index (χ4v) is 3.09. The quantitative estimate of drug-likeness (QED) is 0.454. The molecule has 0 saturated carbocycles. The van der Waals surface area contributed by atoms with Crippen molar-refractivity contribution >= 4 is 12.0 Å². The van der Waals surface area contributed by atoms with Crippen LogP contribution in [-0.2, 0) is 11.2 Å². The number of nitrogens with one attached hydrogen (secondary N) is 1. The van der Waals surface area contributed by atoms with Gasteiger partial charge in [0.25, 0.3) is 0 Å². The Balaban J connectivity index is 1.54. The van der Waals surface area contributed by atoms with E-state index >= 15 is 0 Å². The summed E-state index contributed by atoms with van der Waals surface area (Å²) in [6.07, 6.45) is 3.84. The molecular formula is C25H21N3O2. The van der Waals surface area contributed by atoms with E-state index in [-0.39, 0.29) is 5.91 Å². The molecule has 0 fully saturated rings. The van der Waals surface area contributed by atoms with Gasteiger partial charge < -0.3 is 9.84 Å². The van der Waals surface area contributed by atoms with Crippen molar-refractivity contribution in [2.45, 2.75) is 12.5 Å². The minimum Gasteiger partial charge on any atom is -0.340 e. The highest BCUT2D eigenvalue weighted by atomic mass is 16.5. The minimum atomic E-state index is -0.440. The van der Waals surface area contributed by atoms with E-state index in [1.54, 1.807) is 6.08 Å². The number of hydrogen-bond acceptors (Lipinski definition) is 4. The molecule has 1 atom stereocenters. The lowest BCUT2D eigenvalue weighted by molar-refractivity contribution is -0.117. The molecule has 1 amide bonds. The lowest BCUT2D eigenvalue weighted by Gasteiger charge is -2.14. The molecule has 4 rings (SSSR count). The highest BCUT2D eigenvalue weighted by molar-refractivity contribution is 5.91. The fourth-order valence-electron chi connectivity index (χ4n) is 3.09. The van der Waals surface area contributed by atoms with Crippen molar-refractivity contribution in [3.05, 3.63) is 114 Å². The van der Waals surface area contributed by atoms with Crippen LogP contribution in [0.3, 0.4) is 0 Å². The Morgan fingerprint density at radius 3 is 2.23 bits per heavy atom. The van der Waals surface area contributed by atoms with Crippen molar-refractivity contribution in [3.63, 3.8) is 0 Å². The van der Waals surface area contributed by atoms with Crippen LogP contribution in [0.5, 0.6) is 0 Å². The molecule has 0 saturated heterocycles. The molecular weight excluding hydrogens is 374 g/mol. The smallest absolute Gasteiger partial charge is 0.249 e. The van der Waals surface area contributed by atoms with Gasteiger partial charge in [0.15, 0.2) is 0 Å². The molecule has 30 heavy (non-hydrogen) atoms. The molecule has 1 N–H and O–H groups in total. The van der Waals surface area contributed by atoms with E-state index < -0.39 is 6.04 Å². The Labute approximate surface area is 175 Å². The highest BCUT2D eigenvalue weighted by Crippen LogP contribution is 2.21. The zero-order valence-corrected chi connectivity index (χ0v) is 16.3. The zero-order valence-electron chi connectivity index (χ0n) is 16.3. The number of rotatable bonds is 7. The number of aromatic nitrogens is 2. The third-order valence-corrected chi connectivity index (χ3v) is 4.60. The second-order valence-corrected chi connectivity index (χ2v) is 6.82. The number of nitrogens with zero attached hydrogens (tertiary/aromatic N) is 2. The first-order chi connectivity index (χ1) is 14.8. The van der Waals surface area contributed by atoms with E-state index in [1.807, 2.05) is 91.0 Å². The van der Waals surface area contributed by atoms with Crippen LogP contribution >= 0.6 is 0 Å². The lowest BCUT2D eigenvalue weighted by atomic mass is 10.1. The van der Waals surface area contributed by atoms with E-state index in [4.69, 9.17) is 4.52 Å². The molecule has 0 unspecified atom stereocenters. The molecule has 3 aromatic carbocycles. The standard InChI is InChI=1S/C25H21N3O2/c29-23(17-16-19-10-4-1-5-11-19)26-22(18-20-12-6-2-7-13-20)25-27-24(28-30-25)21-14-8-3-9-15-21/h1-17,22H,18H2,(H,26,29)/b17-16+/t22-/m1/s1. The van der Waals surface area contributed by atoms with Crippen molar-refractivity contribution in [3.8, 4) is 11.4 Å². The van der Waals surface area contributed by atoms with Gasteiger partial charge in [-0.25, -0.2) is 0 Å². The monoisotopic (exact) mass is 395 g/mol. The summed E-state index contributed by atoms with van der Waals surface area (Å²) in [5.74, 6) is 0.649. The van der Waals surface area contributed by atoms with Gasteiger partial charge in [0.05, 0.1) is 0 Å². The Hall–Kier alpha value is -3.99. The topological polar surface area (TPSA) is 68.0 Å². The van der Waals surface area contributed by atoms with Crippen LogP contribution in [0.1, 0.15) is 23.1 Å². The maximum Gasteiger partial charge on any atom is 0.249 e. The molecule has 4 aromatic rings. The molecule has 0 aliphatic carbocycles. The van der Waals surface area contributed by atoms with Gasteiger partial charge in [-0.1, -0.05) is 96.2 Å². The van der Waals surface area contributed by atoms with E-state index in [1.165, 1.54) is 6.08 Å². The van der Waals surface area contributed by atoms with Crippen LogP contribution < -0.4 is 5.32 Å². The van der Waals surface area contributed by atoms with Crippen molar-refractivity contribution in [1.29, 1.82) is 0 Å². The van der Waals surface area contributed by atoms with E-state index in [2.05, 4.69) is 15.5 Å². The Morgan fingerprint density at radius 1 is 0.900 bits per heavy atom. The summed E-state index contributed by atoms with van der Waals surface area (Å²) in [5, 5.41) is 7.09. The molecule has 0 radical (unpaired) electrons. The molecule has 1 aromatic heterocycles. The summed E-state index contributed by atoms with van der Waals surface area (Å²) in [4.78, 5) is 17.1. The average molecular weight is 395 g/mol. The first-order valence-electron chi connectivity index (χ1n) is 9.74. The maximum absolute atomic E-state index is 12.6. The normalized spacial score (nSPS) is 12.0. The molecule has 148 valence electrons. The number of carbonyl (C=O) groups is 1. The summed E-state index contributed by atoms with van der Waals surface area (Å²) in [5.41, 5.74) is 2.88. The summed E-state index contributed by atoms with van der Waals surface area (Å²) in [6.45, 7) is 0. The Morgan fingerprint density at radius 2 is 1.53 bits per heavy atom. The van der Waals surface area contributed by atoms with Crippen LogP contribution in [0.15, 0.2) is 102 Å². The lowest BCUT2D eigenvalue weighted by Crippen LogP contribution is -2.28. The van der Waals surface area contributed by atoms with Gasteiger partial charge in [0.2, 0.25) is 17.6 Å². The number of benzene rings is 3. The zero-order chi connectivity index (χ0) is 20.6. The number of hydrogen-bond donors (Lipinski definition) is 1. The first kappa shape index (κ1) is 19.3. The summed E-state index contributed by atoms with van der Waals surface area (Å²) < 4.78 is 5.52. The third-order valence-electron chi connectivity index (χ3n) is 4.60. The predicted molar refractivity (Wildman–Crippen MR) is 116 cm³/mol. The molecule has 0 aliphatic heterocycles. The minimum absolute atomic E-state index is 0.223. The molecule has 1 heterocycles. The summed E-state index contributed by atoms with van der Waals surface area (Å²) in [7, 11) is 0. The average Bonchev–Trinajstić information content (AvgIpc) is 3.30. The third kappa shape index (κ3) is 5.08. The van der Waals surface area contributed by atoms with Crippen molar-refractivity contribution in [2.24, 2.45) is 0 Å². The largest absolute Gasteiger partial charge is 0.340 e. The molecule has 0 spiro atoms. The number of carbonyl (C=O) groups excluding carboxylic acids is 1. The Kier molecular flexibility index (Phi) is 6.11. The summed E-state index contributed by atoms with van der Waals surface area (Å²) in [6, 6.07) is 28.7. The first-order valence-corrected chi connectivity index (χ1v) is 9.74. The van der Waals surface area contributed by atoms with Crippen molar-refractivity contribution < 1.29 is 9.32 Å². The van der Waals surface area contributed by atoms with Gasteiger partial charge in [-0.05, 0) is 17.2 Å². The van der Waals surface area contributed by atoms with Crippen LogP contribution in [-0.4, -0.2) is 16.0 Å². The van der Waals surface area contributed by atoms with Gasteiger partial charge in [-0.15, -0.1) is 0 Å². The molecule has 5 nitrogen and oxygen atoms in total. The van der Waals surface area contributed by atoms with Gasteiger partial charge in [0.1, 0.15) is 6.04 Å². The predicted octanol–water partition coefficient (Wildman–Crippen LogP) is 4.85. The van der Waals surface area contributed by atoms with Gasteiger partial charge >= 0.3 is 0 Å². The molecule has 0 aliphatic rings. The van der Waals surface area contributed by atoms with Gasteiger partial charge in [-0.2, -0.15) is 4.98 Å². The fraction of sp³-hybridized carbons (Fsp3) is 0.0800. The van der Waals surface area contributed by atoms with Crippen molar-refractivity contribution in [1.82, 2.24) is 15.5 Å². The van der Waals surface area contributed by atoms with E-state index in [0.717, 1.165) is 16.7 Å². The van der Waals surface area contributed by atoms with E-state index in [9.17, 15) is 4.79 Å². The number of amides is 1. The summed E-state index contributed by atoms with van der Waals surface area (Å²) >= 11 is 0. The van der Waals surface area contributed by atoms with Crippen LogP contribution in [0.4, 0.5) is 0 Å². The van der Waals surface area contributed by atoms with Crippen molar-refractivity contribution in [2.75, 3.05) is 0 Å². The molecule has 0 bridgehead atoms. The highest BCUT2D eigenvalue weighted by Gasteiger charge is 2.21. The van der Waals surface area contributed by atoms with Crippen LogP contribution in [0.2, 0.25) is 0 Å².